The highest BCUT2D eigenvalue weighted by Gasteiger charge is 2.33. The van der Waals surface area contributed by atoms with Crippen molar-refractivity contribution in [3.05, 3.63) is 22.4 Å². The molecule has 1 aromatic heterocycles. The molecule has 1 aromatic rings. The van der Waals surface area contributed by atoms with E-state index < -0.39 is 0 Å². The van der Waals surface area contributed by atoms with Gasteiger partial charge in [0.15, 0.2) is 0 Å². The van der Waals surface area contributed by atoms with Gasteiger partial charge in [0.25, 0.3) is 5.82 Å². The maximum Gasteiger partial charge on any atom is 0.290 e. The van der Waals surface area contributed by atoms with Gasteiger partial charge in [0.05, 0.1) is 6.54 Å². The highest BCUT2D eigenvalue weighted by molar-refractivity contribution is 7.99. The molecule has 2 rings (SSSR count). The van der Waals surface area contributed by atoms with Gasteiger partial charge in [-0.25, -0.2) is 4.98 Å². The van der Waals surface area contributed by atoms with E-state index in [4.69, 9.17) is 0 Å². The lowest BCUT2D eigenvalue weighted by atomic mass is 9.91. The number of nitrogens with zero attached hydrogens (tertiary/aromatic N) is 1. The number of nitriles is 1. The topological polar surface area (TPSA) is 50.0 Å². The van der Waals surface area contributed by atoms with Gasteiger partial charge in [0.1, 0.15) is 17.3 Å². The van der Waals surface area contributed by atoms with Crippen molar-refractivity contribution in [3.8, 4) is 6.07 Å². The van der Waals surface area contributed by atoms with Crippen LogP contribution in [0.5, 0.6) is 0 Å². The summed E-state index contributed by atoms with van der Waals surface area (Å²) in [7, 11) is 0. The van der Waals surface area contributed by atoms with E-state index in [1.54, 1.807) is 0 Å². The number of aromatic nitrogens is 1. The molecular formula is C20H32N3S+. The normalized spacial score (nSPS) is 15.6. The number of aromatic amines is 1. The van der Waals surface area contributed by atoms with E-state index in [9.17, 15) is 5.26 Å². The first kappa shape index (κ1) is 19.1. The van der Waals surface area contributed by atoms with Gasteiger partial charge in [0, 0.05) is 22.5 Å². The predicted octanol–water partition coefficient (Wildman–Crippen LogP) is 4.88. The lowest BCUT2D eigenvalue weighted by Crippen LogP contribution is -2.31. The molecule has 4 heteroatoms. The first-order valence-electron chi connectivity index (χ1n) is 9.40. The quantitative estimate of drug-likeness (QED) is 0.682. The zero-order valence-corrected chi connectivity index (χ0v) is 16.5. The molecule has 0 bridgehead atoms. The second kappa shape index (κ2) is 8.76. The number of unbranched alkanes of at least 4 members (excludes halogenated alkanes) is 3. The molecule has 0 aromatic carbocycles. The minimum absolute atomic E-state index is 0.210. The maximum absolute atomic E-state index is 9.79. The number of aryl methyl sites for hydroxylation is 1. The number of nitrogens with one attached hydrogen (secondary N) is 2. The molecule has 0 spiro atoms. The van der Waals surface area contributed by atoms with Crippen LogP contribution in [0.4, 0.5) is 5.82 Å². The Kier molecular flexibility index (Phi) is 6.98. The van der Waals surface area contributed by atoms with Crippen molar-refractivity contribution >= 4 is 17.6 Å². The van der Waals surface area contributed by atoms with Crippen LogP contribution in [0.25, 0.3) is 0 Å². The van der Waals surface area contributed by atoms with Crippen molar-refractivity contribution in [2.45, 2.75) is 83.1 Å². The molecule has 0 amide bonds. The lowest BCUT2D eigenvalue weighted by molar-refractivity contribution is -0.374. The molecular weight excluding hydrogens is 314 g/mol. The molecule has 0 fully saturated rings. The molecule has 0 saturated heterocycles. The van der Waals surface area contributed by atoms with Gasteiger partial charge in [-0.1, -0.05) is 40.5 Å². The summed E-state index contributed by atoms with van der Waals surface area (Å²) in [6.45, 7) is 9.96. The van der Waals surface area contributed by atoms with E-state index in [1.165, 1.54) is 36.1 Å². The second-order valence-corrected chi connectivity index (χ2v) is 9.07. The van der Waals surface area contributed by atoms with Crippen LogP contribution >= 0.6 is 11.8 Å². The number of anilines is 1. The van der Waals surface area contributed by atoms with Gasteiger partial charge >= 0.3 is 0 Å². The van der Waals surface area contributed by atoms with Crippen LogP contribution in [-0.4, -0.2) is 11.3 Å². The van der Waals surface area contributed by atoms with Crippen LogP contribution < -0.4 is 10.3 Å². The molecule has 2 N–H and O–H groups in total. The highest BCUT2D eigenvalue weighted by Crippen LogP contribution is 2.41. The summed E-state index contributed by atoms with van der Waals surface area (Å²) in [4.78, 5) is 3.56. The third-order valence-electron chi connectivity index (χ3n) is 4.71. The van der Waals surface area contributed by atoms with E-state index in [0.717, 1.165) is 49.4 Å². The van der Waals surface area contributed by atoms with Crippen LogP contribution in [0.2, 0.25) is 0 Å². The number of rotatable bonds is 8. The molecule has 0 aliphatic carbocycles. The number of hydrogen-bond acceptors (Lipinski definition) is 3. The zero-order chi connectivity index (χ0) is 17.6. The Morgan fingerprint density at radius 3 is 2.62 bits per heavy atom. The zero-order valence-electron chi connectivity index (χ0n) is 15.7. The van der Waals surface area contributed by atoms with E-state index >= 15 is 0 Å². The fourth-order valence-corrected chi connectivity index (χ4v) is 4.50. The summed E-state index contributed by atoms with van der Waals surface area (Å²) in [5.41, 5.74) is 4.83. The summed E-state index contributed by atoms with van der Waals surface area (Å²) in [6.07, 6.45) is 8.11. The summed E-state index contributed by atoms with van der Waals surface area (Å²) < 4.78 is 0.210. The Balaban J connectivity index is 2.29. The van der Waals surface area contributed by atoms with Gasteiger partial charge in [-0.05, 0) is 31.2 Å². The number of fused-ring (bicyclic) bond motifs is 1. The van der Waals surface area contributed by atoms with E-state index in [1.807, 2.05) is 11.8 Å². The predicted molar refractivity (Wildman–Crippen MR) is 103 cm³/mol. The van der Waals surface area contributed by atoms with Crippen LogP contribution in [0.15, 0.2) is 0 Å². The summed E-state index contributed by atoms with van der Waals surface area (Å²) in [5, 5.41) is 13.3. The summed E-state index contributed by atoms with van der Waals surface area (Å²) in [6, 6.07) is 2.48. The van der Waals surface area contributed by atoms with Crippen LogP contribution in [0.1, 0.15) is 82.2 Å². The van der Waals surface area contributed by atoms with Gasteiger partial charge in [0.2, 0.25) is 0 Å². The van der Waals surface area contributed by atoms with Gasteiger partial charge < -0.3 is 0 Å². The molecule has 2 heterocycles. The van der Waals surface area contributed by atoms with E-state index in [2.05, 4.69) is 44.1 Å². The van der Waals surface area contributed by atoms with Gasteiger partial charge in [-0.2, -0.15) is 17.0 Å². The average molecular weight is 347 g/mol. The minimum atomic E-state index is 0.210. The SMILES string of the molecule is CCCCCCNc1[nH+]c(CCC)c2c(c1C#N)CC(C)(C)SC2. The van der Waals surface area contributed by atoms with E-state index in [0.29, 0.717) is 0 Å². The van der Waals surface area contributed by atoms with Crippen molar-refractivity contribution in [1.82, 2.24) is 0 Å². The number of hydrogen-bond donors (Lipinski definition) is 1. The van der Waals surface area contributed by atoms with Crippen LogP contribution in [-0.2, 0) is 18.6 Å². The molecule has 0 unspecified atom stereocenters. The third kappa shape index (κ3) is 4.66. The molecule has 1 aliphatic heterocycles. The van der Waals surface area contributed by atoms with Crippen LogP contribution in [0.3, 0.4) is 0 Å². The molecule has 0 radical (unpaired) electrons. The number of thioether (sulfide) groups is 1. The van der Waals surface area contributed by atoms with Gasteiger partial charge in [-0.3, -0.25) is 5.32 Å². The monoisotopic (exact) mass is 346 g/mol. The second-order valence-electron chi connectivity index (χ2n) is 7.39. The highest BCUT2D eigenvalue weighted by atomic mass is 32.2. The Morgan fingerprint density at radius 2 is 1.96 bits per heavy atom. The van der Waals surface area contributed by atoms with Crippen molar-refractivity contribution in [3.63, 3.8) is 0 Å². The van der Waals surface area contributed by atoms with Crippen molar-refractivity contribution in [2.75, 3.05) is 11.9 Å². The van der Waals surface area contributed by atoms with Gasteiger partial charge in [-0.15, -0.1) is 0 Å². The molecule has 0 saturated carbocycles. The maximum atomic E-state index is 9.79. The first-order chi connectivity index (χ1) is 11.5. The minimum Gasteiger partial charge on any atom is -0.273 e. The third-order valence-corrected chi connectivity index (χ3v) is 6.07. The fraction of sp³-hybridized carbons (Fsp3) is 0.700. The Labute approximate surface area is 151 Å². The Bertz CT molecular complexity index is 602. The Morgan fingerprint density at radius 1 is 1.17 bits per heavy atom. The van der Waals surface area contributed by atoms with Crippen molar-refractivity contribution in [1.29, 1.82) is 5.26 Å². The molecule has 0 atom stereocenters. The summed E-state index contributed by atoms with van der Waals surface area (Å²) in [5.74, 6) is 1.96. The molecule has 132 valence electrons. The summed E-state index contributed by atoms with van der Waals surface area (Å²) >= 11 is 2.01. The van der Waals surface area contributed by atoms with E-state index in [-0.39, 0.29) is 4.75 Å². The number of pyridine rings is 1. The number of H-pyrrole nitrogens is 1. The van der Waals surface area contributed by atoms with Crippen molar-refractivity contribution in [2.24, 2.45) is 0 Å². The average Bonchev–Trinajstić information content (AvgIpc) is 2.54. The fourth-order valence-electron chi connectivity index (χ4n) is 3.37. The molecule has 1 aliphatic rings. The first-order valence-corrected chi connectivity index (χ1v) is 10.4. The molecule has 3 nitrogen and oxygen atoms in total. The smallest absolute Gasteiger partial charge is 0.273 e. The Hall–Kier alpha value is -1.21. The van der Waals surface area contributed by atoms with Crippen molar-refractivity contribution < 1.29 is 4.98 Å². The molecule has 24 heavy (non-hydrogen) atoms. The largest absolute Gasteiger partial charge is 0.290 e. The lowest BCUT2D eigenvalue weighted by Gasteiger charge is -2.31. The standard InChI is InChI=1S/C20H31N3S/c1-5-7-8-9-11-22-19-16(13-21)15-12-20(3,4)24-14-17(15)18(23-19)10-6-2/h5-12,14H2,1-4H3,(H,22,23)/p+1. The van der Waals surface area contributed by atoms with Crippen LogP contribution in [0, 0.1) is 11.3 Å².